The molecule has 0 bridgehead atoms. The van der Waals surface area contributed by atoms with Crippen LogP contribution in [0.2, 0.25) is 0 Å². The van der Waals surface area contributed by atoms with Crippen molar-refractivity contribution in [2.75, 3.05) is 39.2 Å². The summed E-state index contributed by atoms with van der Waals surface area (Å²) in [5, 5.41) is 3.07. The van der Waals surface area contributed by atoms with Crippen molar-refractivity contribution >= 4 is 5.82 Å². The second-order valence-corrected chi connectivity index (χ2v) is 4.92. The summed E-state index contributed by atoms with van der Waals surface area (Å²) in [5.74, 6) is 1.58. The molecule has 0 amide bonds. The van der Waals surface area contributed by atoms with Gasteiger partial charge in [0.25, 0.3) is 0 Å². The highest BCUT2D eigenvalue weighted by molar-refractivity contribution is 5.36. The molecule has 0 saturated heterocycles. The summed E-state index contributed by atoms with van der Waals surface area (Å²) in [7, 11) is 3.64. The van der Waals surface area contributed by atoms with E-state index in [1.165, 1.54) is 5.56 Å². The van der Waals surface area contributed by atoms with E-state index in [2.05, 4.69) is 41.2 Å². The third-order valence-electron chi connectivity index (χ3n) is 2.72. The van der Waals surface area contributed by atoms with Gasteiger partial charge in [0.15, 0.2) is 0 Å². The van der Waals surface area contributed by atoms with Gasteiger partial charge >= 0.3 is 0 Å². The van der Waals surface area contributed by atoms with Crippen LogP contribution in [-0.2, 0) is 11.3 Å². The molecule has 0 aliphatic carbocycles. The Kier molecular flexibility index (Phi) is 6.68. The molecule has 1 aromatic rings. The molecule has 1 heterocycles. The lowest BCUT2D eigenvalue weighted by atomic mass is 10.2. The Morgan fingerprint density at radius 3 is 2.83 bits per heavy atom. The van der Waals surface area contributed by atoms with E-state index >= 15 is 0 Å². The van der Waals surface area contributed by atoms with Gasteiger partial charge in [-0.1, -0.05) is 13.8 Å². The summed E-state index contributed by atoms with van der Waals surface area (Å²) in [4.78, 5) is 6.65. The van der Waals surface area contributed by atoms with Gasteiger partial charge in [0, 0.05) is 40.0 Å². The van der Waals surface area contributed by atoms with Crippen LogP contribution in [0.25, 0.3) is 0 Å². The van der Waals surface area contributed by atoms with Crippen molar-refractivity contribution in [3.05, 3.63) is 23.9 Å². The fraction of sp³-hybridized carbons (Fsp3) is 0.643. The summed E-state index contributed by atoms with van der Waals surface area (Å²) in [5.41, 5.74) is 1.28. The third-order valence-corrected chi connectivity index (χ3v) is 2.72. The van der Waals surface area contributed by atoms with Crippen LogP contribution >= 0.6 is 0 Å². The Morgan fingerprint density at radius 2 is 2.22 bits per heavy atom. The molecule has 102 valence electrons. The normalized spacial score (nSPS) is 11.2. The molecule has 4 heteroatoms. The largest absolute Gasteiger partial charge is 0.383 e. The minimum Gasteiger partial charge on any atom is -0.383 e. The Labute approximate surface area is 110 Å². The molecule has 0 unspecified atom stereocenters. The highest BCUT2D eigenvalue weighted by atomic mass is 16.5. The molecule has 4 nitrogen and oxygen atoms in total. The SMILES string of the molecule is CNc1cc(CN(CCOC)CC(C)C)ccn1. The van der Waals surface area contributed by atoms with Crippen LogP contribution in [-0.4, -0.2) is 43.7 Å². The van der Waals surface area contributed by atoms with Crippen molar-refractivity contribution in [1.29, 1.82) is 0 Å². The molecule has 1 N–H and O–H groups in total. The van der Waals surface area contributed by atoms with Gasteiger partial charge in [-0.2, -0.15) is 0 Å². The molecule has 1 rings (SSSR count). The number of hydrogen-bond donors (Lipinski definition) is 1. The maximum atomic E-state index is 5.17. The van der Waals surface area contributed by atoms with Gasteiger partial charge in [-0.05, 0) is 23.6 Å². The number of pyridine rings is 1. The van der Waals surface area contributed by atoms with E-state index in [1.807, 2.05) is 13.2 Å². The Morgan fingerprint density at radius 1 is 1.44 bits per heavy atom. The lowest BCUT2D eigenvalue weighted by molar-refractivity contribution is 0.136. The zero-order chi connectivity index (χ0) is 13.4. The molecule has 0 aliphatic heterocycles. The number of methoxy groups -OCH3 is 1. The van der Waals surface area contributed by atoms with Crippen LogP contribution in [0.3, 0.4) is 0 Å². The Hall–Kier alpha value is -1.13. The number of rotatable bonds is 8. The van der Waals surface area contributed by atoms with Crippen molar-refractivity contribution in [2.45, 2.75) is 20.4 Å². The van der Waals surface area contributed by atoms with Crippen molar-refractivity contribution in [3.8, 4) is 0 Å². The predicted octanol–water partition coefficient (Wildman–Crippen LogP) is 2.23. The number of hydrogen-bond acceptors (Lipinski definition) is 4. The van der Waals surface area contributed by atoms with Crippen LogP contribution < -0.4 is 5.32 Å². The molecular weight excluding hydrogens is 226 g/mol. The van der Waals surface area contributed by atoms with E-state index in [0.717, 1.165) is 32.1 Å². The second-order valence-electron chi connectivity index (χ2n) is 4.92. The molecule has 18 heavy (non-hydrogen) atoms. The smallest absolute Gasteiger partial charge is 0.125 e. The number of aromatic nitrogens is 1. The maximum absolute atomic E-state index is 5.17. The number of ether oxygens (including phenoxy) is 1. The summed E-state index contributed by atoms with van der Waals surface area (Å²) in [6, 6.07) is 4.17. The standard InChI is InChI=1S/C14H25N3O/c1-12(2)10-17(7-8-18-4)11-13-5-6-16-14(9-13)15-3/h5-6,9,12H,7-8,10-11H2,1-4H3,(H,15,16). The van der Waals surface area contributed by atoms with Crippen LogP contribution in [0.5, 0.6) is 0 Å². The minimum absolute atomic E-state index is 0.660. The summed E-state index contributed by atoms with van der Waals surface area (Å²) >= 11 is 0. The molecule has 0 atom stereocenters. The molecule has 0 aromatic carbocycles. The van der Waals surface area contributed by atoms with Gasteiger partial charge in [-0.25, -0.2) is 4.98 Å². The lowest BCUT2D eigenvalue weighted by Crippen LogP contribution is -2.30. The first kappa shape index (κ1) is 14.9. The monoisotopic (exact) mass is 251 g/mol. The van der Waals surface area contributed by atoms with E-state index in [1.54, 1.807) is 7.11 Å². The van der Waals surface area contributed by atoms with Gasteiger partial charge in [-0.15, -0.1) is 0 Å². The van der Waals surface area contributed by atoms with Gasteiger partial charge in [0.1, 0.15) is 5.82 Å². The quantitative estimate of drug-likeness (QED) is 0.769. The lowest BCUT2D eigenvalue weighted by Gasteiger charge is -2.24. The van der Waals surface area contributed by atoms with Crippen molar-refractivity contribution in [1.82, 2.24) is 9.88 Å². The average molecular weight is 251 g/mol. The first-order valence-electron chi connectivity index (χ1n) is 6.49. The highest BCUT2D eigenvalue weighted by Crippen LogP contribution is 2.10. The van der Waals surface area contributed by atoms with Gasteiger partial charge in [-0.3, -0.25) is 4.90 Å². The zero-order valence-electron chi connectivity index (χ0n) is 11.9. The van der Waals surface area contributed by atoms with Gasteiger partial charge < -0.3 is 10.1 Å². The van der Waals surface area contributed by atoms with Crippen LogP contribution in [0, 0.1) is 5.92 Å². The van der Waals surface area contributed by atoms with E-state index < -0.39 is 0 Å². The molecular formula is C14H25N3O. The minimum atomic E-state index is 0.660. The summed E-state index contributed by atoms with van der Waals surface area (Å²) < 4.78 is 5.17. The molecule has 0 saturated carbocycles. The van der Waals surface area contributed by atoms with E-state index in [4.69, 9.17) is 4.74 Å². The maximum Gasteiger partial charge on any atom is 0.125 e. The summed E-state index contributed by atoms with van der Waals surface area (Å²) in [6.45, 7) is 8.25. The molecule has 1 aromatic heterocycles. The van der Waals surface area contributed by atoms with Gasteiger partial charge in [0.2, 0.25) is 0 Å². The van der Waals surface area contributed by atoms with Crippen LogP contribution in [0.15, 0.2) is 18.3 Å². The first-order chi connectivity index (χ1) is 8.65. The summed E-state index contributed by atoms with van der Waals surface area (Å²) in [6.07, 6.45) is 1.85. The topological polar surface area (TPSA) is 37.4 Å². The number of nitrogens with one attached hydrogen (secondary N) is 1. The zero-order valence-corrected chi connectivity index (χ0v) is 11.9. The van der Waals surface area contributed by atoms with Crippen molar-refractivity contribution < 1.29 is 4.74 Å². The van der Waals surface area contributed by atoms with Crippen LogP contribution in [0.4, 0.5) is 5.82 Å². The van der Waals surface area contributed by atoms with E-state index in [9.17, 15) is 0 Å². The molecule has 0 radical (unpaired) electrons. The first-order valence-corrected chi connectivity index (χ1v) is 6.49. The third kappa shape index (κ3) is 5.47. The predicted molar refractivity (Wildman–Crippen MR) is 75.8 cm³/mol. The molecule has 0 spiro atoms. The highest BCUT2D eigenvalue weighted by Gasteiger charge is 2.08. The van der Waals surface area contributed by atoms with E-state index in [0.29, 0.717) is 5.92 Å². The fourth-order valence-corrected chi connectivity index (χ4v) is 1.94. The van der Waals surface area contributed by atoms with Gasteiger partial charge in [0.05, 0.1) is 6.61 Å². The number of anilines is 1. The second kappa shape index (κ2) is 8.06. The van der Waals surface area contributed by atoms with Crippen LogP contribution in [0.1, 0.15) is 19.4 Å². The van der Waals surface area contributed by atoms with E-state index in [-0.39, 0.29) is 0 Å². The fourth-order valence-electron chi connectivity index (χ4n) is 1.94. The molecule has 0 fully saturated rings. The number of nitrogens with zero attached hydrogens (tertiary/aromatic N) is 2. The Balaban J connectivity index is 2.62. The average Bonchev–Trinajstić information content (AvgIpc) is 2.35. The Bertz CT molecular complexity index is 342. The van der Waals surface area contributed by atoms with Crippen molar-refractivity contribution in [2.24, 2.45) is 5.92 Å². The molecule has 0 aliphatic rings. The van der Waals surface area contributed by atoms with Crippen molar-refractivity contribution in [3.63, 3.8) is 0 Å².